The number of benzene rings is 2. The SMILES string of the molecule is C=CC[C@@](C)(O)C(O)c1cc(O)c2c(c1O)C(=O)c1ccccc1C2=O. The smallest absolute Gasteiger partial charge is 0.198 e. The molecule has 2 atom stereocenters. The molecule has 0 amide bonds. The van der Waals surface area contributed by atoms with Crippen LogP contribution in [0.3, 0.4) is 0 Å². The first kappa shape index (κ1) is 17.8. The van der Waals surface area contributed by atoms with Crippen molar-refractivity contribution in [3.63, 3.8) is 0 Å². The Morgan fingerprint density at radius 1 is 1.12 bits per heavy atom. The first-order valence-electron chi connectivity index (χ1n) is 7.99. The summed E-state index contributed by atoms with van der Waals surface area (Å²) in [6, 6.07) is 7.09. The molecule has 0 aromatic heterocycles. The van der Waals surface area contributed by atoms with E-state index >= 15 is 0 Å². The van der Waals surface area contributed by atoms with E-state index in [9.17, 15) is 30.0 Å². The lowest BCUT2D eigenvalue weighted by molar-refractivity contribution is -0.0621. The third kappa shape index (κ3) is 2.51. The summed E-state index contributed by atoms with van der Waals surface area (Å²) in [5.41, 5.74) is -2.40. The van der Waals surface area contributed by atoms with E-state index < -0.39 is 34.8 Å². The van der Waals surface area contributed by atoms with Gasteiger partial charge in [-0.3, -0.25) is 9.59 Å². The minimum atomic E-state index is -1.69. The maximum atomic E-state index is 12.8. The lowest BCUT2D eigenvalue weighted by atomic mass is 9.80. The van der Waals surface area contributed by atoms with Crippen molar-refractivity contribution in [1.29, 1.82) is 0 Å². The van der Waals surface area contributed by atoms with Crippen LogP contribution in [0.2, 0.25) is 0 Å². The number of phenols is 2. The van der Waals surface area contributed by atoms with Crippen LogP contribution in [-0.4, -0.2) is 37.6 Å². The standard InChI is InChI=1S/C20H18O6/c1-3-8-20(2,26)19(25)12-9-13(21)14-15(18(12)24)17(23)11-7-5-4-6-10(11)16(14)22/h3-7,9,19,21,24-26H,1,8H2,2H3/t19?,20-/m1/s1. The van der Waals surface area contributed by atoms with E-state index in [1.165, 1.54) is 25.1 Å². The summed E-state index contributed by atoms with van der Waals surface area (Å²) in [5, 5.41) is 41.8. The fourth-order valence-corrected chi connectivity index (χ4v) is 3.23. The molecule has 0 saturated heterocycles. The average molecular weight is 354 g/mol. The second-order valence-corrected chi connectivity index (χ2v) is 6.54. The van der Waals surface area contributed by atoms with Gasteiger partial charge in [0.25, 0.3) is 0 Å². The first-order valence-corrected chi connectivity index (χ1v) is 7.99. The zero-order valence-electron chi connectivity index (χ0n) is 14.1. The van der Waals surface area contributed by atoms with Gasteiger partial charge < -0.3 is 20.4 Å². The Bertz CT molecular complexity index is 942. The van der Waals surface area contributed by atoms with Gasteiger partial charge in [0.1, 0.15) is 17.6 Å². The number of rotatable bonds is 4. The van der Waals surface area contributed by atoms with E-state index in [2.05, 4.69) is 6.58 Å². The molecule has 0 bridgehead atoms. The maximum absolute atomic E-state index is 12.8. The second-order valence-electron chi connectivity index (χ2n) is 6.54. The van der Waals surface area contributed by atoms with Crippen molar-refractivity contribution < 1.29 is 30.0 Å². The zero-order valence-corrected chi connectivity index (χ0v) is 14.1. The number of hydrogen-bond donors (Lipinski definition) is 4. The van der Waals surface area contributed by atoms with Gasteiger partial charge in [-0.2, -0.15) is 0 Å². The van der Waals surface area contributed by atoms with Crippen molar-refractivity contribution in [3.05, 3.63) is 70.8 Å². The van der Waals surface area contributed by atoms with Crippen molar-refractivity contribution in [2.45, 2.75) is 25.0 Å². The number of aliphatic hydroxyl groups is 2. The van der Waals surface area contributed by atoms with Crippen LogP contribution in [-0.2, 0) is 0 Å². The van der Waals surface area contributed by atoms with Crippen molar-refractivity contribution in [1.82, 2.24) is 0 Å². The average Bonchev–Trinajstić information content (AvgIpc) is 2.60. The normalized spacial score (nSPS) is 16.4. The van der Waals surface area contributed by atoms with E-state index in [4.69, 9.17) is 0 Å². The van der Waals surface area contributed by atoms with Crippen LogP contribution in [0, 0.1) is 0 Å². The molecule has 0 fully saturated rings. The third-order valence-corrected chi connectivity index (χ3v) is 4.62. The summed E-state index contributed by atoms with van der Waals surface area (Å²) in [6.07, 6.45) is -0.221. The van der Waals surface area contributed by atoms with Crippen molar-refractivity contribution in [2.24, 2.45) is 0 Å². The van der Waals surface area contributed by atoms with Crippen LogP contribution in [0.5, 0.6) is 11.5 Å². The van der Waals surface area contributed by atoms with E-state index in [1.807, 2.05) is 0 Å². The molecule has 2 aromatic carbocycles. The number of carbonyl (C=O) groups is 2. The van der Waals surface area contributed by atoms with Crippen LogP contribution < -0.4 is 0 Å². The molecule has 1 aliphatic carbocycles. The van der Waals surface area contributed by atoms with Crippen LogP contribution in [0.1, 0.15) is 56.9 Å². The Morgan fingerprint density at radius 3 is 2.19 bits per heavy atom. The van der Waals surface area contributed by atoms with Crippen LogP contribution in [0.4, 0.5) is 0 Å². The van der Waals surface area contributed by atoms with Gasteiger partial charge >= 0.3 is 0 Å². The predicted molar refractivity (Wildman–Crippen MR) is 93.5 cm³/mol. The van der Waals surface area contributed by atoms with Crippen molar-refractivity contribution >= 4 is 11.6 Å². The molecule has 0 radical (unpaired) electrons. The van der Waals surface area contributed by atoms with E-state index in [-0.39, 0.29) is 34.2 Å². The maximum Gasteiger partial charge on any atom is 0.198 e. The van der Waals surface area contributed by atoms with E-state index in [0.717, 1.165) is 6.07 Å². The summed E-state index contributed by atoms with van der Waals surface area (Å²) in [7, 11) is 0. The zero-order chi connectivity index (χ0) is 19.2. The quantitative estimate of drug-likeness (QED) is 0.422. The largest absolute Gasteiger partial charge is 0.507 e. The summed E-state index contributed by atoms with van der Waals surface area (Å²) in [5.74, 6) is -2.42. The molecule has 4 N–H and O–H groups in total. The van der Waals surface area contributed by atoms with Gasteiger partial charge in [0.15, 0.2) is 11.6 Å². The summed E-state index contributed by atoms with van der Waals surface area (Å²) < 4.78 is 0. The highest BCUT2D eigenvalue weighted by Gasteiger charge is 2.39. The van der Waals surface area contributed by atoms with Crippen LogP contribution >= 0.6 is 0 Å². The minimum absolute atomic E-state index is 0.00115. The van der Waals surface area contributed by atoms with Gasteiger partial charge in [0.2, 0.25) is 0 Å². The number of aromatic hydroxyl groups is 2. The summed E-state index contributed by atoms with van der Waals surface area (Å²) in [4.78, 5) is 25.5. The monoisotopic (exact) mass is 354 g/mol. The highest BCUT2D eigenvalue weighted by Crippen LogP contribution is 2.44. The molecule has 6 heteroatoms. The molecular weight excluding hydrogens is 336 g/mol. The predicted octanol–water partition coefficient (Wildman–Crippen LogP) is 2.23. The molecule has 3 rings (SSSR count). The second kappa shape index (κ2) is 6.09. The molecule has 26 heavy (non-hydrogen) atoms. The van der Waals surface area contributed by atoms with Crippen LogP contribution in [0.15, 0.2) is 43.0 Å². The lowest BCUT2D eigenvalue weighted by Crippen LogP contribution is -2.32. The van der Waals surface area contributed by atoms with E-state index in [1.54, 1.807) is 12.1 Å². The topological polar surface area (TPSA) is 115 Å². The Hall–Kier alpha value is -2.96. The molecule has 0 saturated carbocycles. The van der Waals surface area contributed by atoms with Gasteiger partial charge in [-0.1, -0.05) is 30.3 Å². The van der Waals surface area contributed by atoms with Gasteiger partial charge in [-0.25, -0.2) is 0 Å². The fourth-order valence-electron chi connectivity index (χ4n) is 3.23. The lowest BCUT2D eigenvalue weighted by Gasteiger charge is -2.30. The Labute approximate surface area is 149 Å². The Morgan fingerprint density at radius 2 is 1.65 bits per heavy atom. The van der Waals surface area contributed by atoms with Gasteiger partial charge in [-0.15, -0.1) is 6.58 Å². The Kier molecular flexibility index (Phi) is 4.18. The van der Waals surface area contributed by atoms with Crippen molar-refractivity contribution in [2.75, 3.05) is 0 Å². The highest BCUT2D eigenvalue weighted by molar-refractivity contribution is 6.30. The van der Waals surface area contributed by atoms with Crippen molar-refractivity contribution in [3.8, 4) is 11.5 Å². The number of phenolic OH excluding ortho intramolecular Hbond substituents is 2. The molecular formula is C20H18O6. The molecule has 0 heterocycles. The first-order chi connectivity index (χ1) is 12.2. The molecule has 1 aliphatic rings. The number of fused-ring (bicyclic) bond motifs is 2. The van der Waals surface area contributed by atoms with Gasteiger partial charge in [0.05, 0.1) is 16.7 Å². The number of ketones is 2. The van der Waals surface area contributed by atoms with Gasteiger partial charge in [-0.05, 0) is 19.4 Å². The minimum Gasteiger partial charge on any atom is -0.507 e. The van der Waals surface area contributed by atoms with E-state index in [0.29, 0.717) is 0 Å². The molecule has 2 aromatic rings. The number of hydrogen-bond acceptors (Lipinski definition) is 6. The Balaban J connectivity index is 2.24. The fraction of sp³-hybridized carbons (Fsp3) is 0.200. The molecule has 1 unspecified atom stereocenters. The van der Waals surface area contributed by atoms with Crippen LogP contribution in [0.25, 0.3) is 0 Å². The third-order valence-electron chi connectivity index (χ3n) is 4.62. The highest BCUT2D eigenvalue weighted by atomic mass is 16.3. The molecule has 134 valence electrons. The number of carbonyl (C=O) groups excluding carboxylic acids is 2. The molecule has 0 aliphatic heterocycles. The van der Waals surface area contributed by atoms with Gasteiger partial charge in [0, 0.05) is 16.7 Å². The molecule has 0 spiro atoms. The summed E-state index contributed by atoms with van der Waals surface area (Å²) >= 11 is 0. The summed E-state index contributed by atoms with van der Waals surface area (Å²) in [6.45, 7) is 4.83. The molecule has 6 nitrogen and oxygen atoms in total. The number of aliphatic hydroxyl groups excluding tert-OH is 1.